The Kier molecular flexibility index (Phi) is 4.76. The van der Waals surface area contributed by atoms with Gasteiger partial charge in [0.05, 0.1) is 6.10 Å². The largest absolute Gasteiger partial charge is 0.387 e. The van der Waals surface area contributed by atoms with Crippen molar-refractivity contribution in [1.29, 1.82) is 0 Å². The average molecular weight is 278 g/mol. The van der Waals surface area contributed by atoms with Gasteiger partial charge in [-0.1, -0.05) is 25.1 Å². The van der Waals surface area contributed by atoms with Gasteiger partial charge < -0.3 is 15.7 Å². The first-order valence-corrected chi connectivity index (χ1v) is 7.26. The standard InChI is InChI=1S/C14H18N2O2S/c1-2-7-15-14(18)16-8-12(17)11-9-19-13-6-4-3-5-10(11)13/h3-6,9,12,17H,2,7-8H2,1H3,(H2,15,16,18). The van der Waals surface area contributed by atoms with E-state index in [9.17, 15) is 9.90 Å². The number of aliphatic hydroxyl groups excluding tert-OH is 1. The number of aliphatic hydroxyl groups is 1. The van der Waals surface area contributed by atoms with E-state index in [0.29, 0.717) is 6.54 Å². The van der Waals surface area contributed by atoms with Crippen LogP contribution in [0.3, 0.4) is 0 Å². The summed E-state index contributed by atoms with van der Waals surface area (Å²) >= 11 is 1.60. The lowest BCUT2D eigenvalue weighted by molar-refractivity contribution is 0.175. The highest BCUT2D eigenvalue weighted by Gasteiger charge is 2.13. The van der Waals surface area contributed by atoms with Crippen LogP contribution < -0.4 is 10.6 Å². The first-order chi connectivity index (χ1) is 9.22. The minimum atomic E-state index is -0.677. The van der Waals surface area contributed by atoms with Gasteiger partial charge in [0, 0.05) is 23.4 Å². The van der Waals surface area contributed by atoms with Crippen LogP contribution in [0.5, 0.6) is 0 Å². The zero-order valence-electron chi connectivity index (χ0n) is 10.8. The molecule has 1 aromatic heterocycles. The minimum absolute atomic E-state index is 0.219. The number of thiophene rings is 1. The maximum Gasteiger partial charge on any atom is 0.314 e. The van der Waals surface area contributed by atoms with Gasteiger partial charge in [-0.3, -0.25) is 0 Å². The van der Waals surface area contributed by atoms with Gasteiger partial charge in [-0.15, -0.1) is 11.3 Å². The van der Waals surface area contributed by atoms with Crippen molar-refractivity contribution in [3.05, 3.63) is 35.2 Å². The van der Waals surface area contributed by atoms with E-state index in [4.69, 9.17) is 0 Å². The topological polar surface area (TPSA) is 61.4 Å². The monoisotopic (exact) mass is 278 g/mol. The number of amides is 2. The summed E-state index contributed by atoms with van der Waals surface area (Å²) in [6.45, 7) is 2.85. The van der Waals surface area contributed by atoms with E-state index in [2.05, 4.69) is 10.6 Å². The highest BCUT2D eigenvalue weighted by Crippen LogP contribution is 2.29. The Morgan fingerprint density at radius 3 is 2.95 bits per heavy atom. The molecule has 0 aliphatic rings. The van der Waals surface area contributed by atoms with Gasteiger partial charge in [0.15, 0.2) is 0 Å². The van der Waals surface area contributed by atoms with Crippen molar-refractivity contribution < 1.29 is 9.90 Å². The van der Waals surface area contributed by atoms with Gasteiger partial charge in [0.25, 0.3) is 0 Å². The fourth-order valence-corrected chi connectivity index (χ4v) is 2.86. The number of fused-ring (bicyclic) bond motifs is 1. The van der Waals surface area contributed by atoms with Gasteiger partial charge in [-0.2, -0.15) is 0 Å². The molecule has 19 heavy (non-hydrogen) atoms. The van der Waals surface area contributed by atoms with E-state index in [1.807, 2.05) is 36.6 Å². The maximum absolute atomic E-state index is 11.4. The summed E-state index contributed by atoms with van der Waals surface area (Å²) in [6, 6.07) is 7.71. The average Bonchev–Trinajstić information content (AvgIpc) is 2.86. The van der Waals surface area contributed by atoms with Crippen molar-refractivity contribution in [3.8, 4) is 0 Å². The lowest BCUT2D eigenvalue weighted by Gasteiger charge is -2.12. The van der Waals surface area contributed by atoms with Crippen LogP contribution >= 0.6 is 11.3 Å². The van der Waals surface area contributed by atoms with Crippen molar-refractivity contribution in [2.24, 2.45) is 0 Å². The molecule has 0 fully saturated rings. The molecule has 2 amide bonds. The molecule has 1 heterocycles. The molecule has 0 aliphatic carbocycles. The number of carbonyl (C=O) groups is 1. The Morgan fingerprint density at radius 2 is 2.16 bits per heavy atom. The van der Waals surface area contributed by atoms with Gasteiger partial charge in [0.1, 0.15) is 0 Å². The quantitative estimate of drug-likeness (QED) is 0.787. The summed E-state index contributed by atoms with van der Waals surface area (Å²) in [7, 11) is 0. The second kappa shape index (κ2) is 6.54. The van der Waals surface area contributed by atoms with Crippen LogP contribution in [-0.2, 0) is 0 Å². The molecule has 0 radical (unpaired) electrons. The zero-order valence-corrected chi connectivity index (χ0v) is 11.7. The van der Waals surface area contributed by atoms with E-state index >= 15 is 0 Å². The number of rotatable bonds is 5. The fraction of sp³-hybridized carbons (Fsp3) is 0.357. The van der Waals surface area contributed by atoms with Crippen molar-refractivity contribution in [1.82, 2.24) is 10.6 Å². The molecule has 2 rings (SSSR count). The summed E-state index contributed by atoms with van der Waals surface area (Å²) in [6.07, 6.45) is 0.217. The summed E-state index contributed by atoms with van der Waals surface area (Å²) in [4.78, 5) is 11.4. The number of benzene rings is 1. The molecule has 5 heteroatoms. The lowest BCUT2D eigenvalue weighted by Crippen LogP contribution is -2.38. The second-order valence-electron chi connectivity index (χ2n) is 4.34. The van der Waals surface area contributed by atoms with Gasteiger partial charge in [0.2, 0.25) is 0 Å². The fourth-order valence-electron chi connectivity index (χ4n) is 1.86. The number of carbonyl (C=O) groups excluding carboxylic acids is 1. The molecule has 0 aliphatic heterocycles. The Hall–Kier alpha value is -1.59. The molecule has 3 N–H and O–H groups in total. The van der Waals surface area contributed by atoms with Gasteiger partial charge in [-0.05, 0) is 23.3 Å². The summed E-state index contributed by atoms with van der Waals surface area (Å²) in [5.41, 5.74) is 0.872. The molecule has 1 aromatic carbocycles. The normalized spacial score (nSPS) is 12.3. The third-order valence-corrected chi connectivity index (χ3v) is 3.84. The number of hydrogen-bond acceptors (Lipinski definition) is 3. The molecule has 0 saturated heterocycles. The van der Waals surface area contributed by atoms with Crippen LogP contribution in [0.2, 0.25) is 0 Å². The summed E-state index contributed by atoms with van der Waals surface area (Å²) in [5, 5.41) is 18.5. The predicted molar refractivity (Wildman–Crippen MR) is 78.5 cm³/mol. The Labute approximate surface area is 116 Å². The highest BCUT2D eigenvalue weighted by atomic mass is 32.1. The summed E-state index contributed by atoms with van der Waals surface area (Å²) in [5.74, 6) is 0. The smallest absolute Gasteiger partial charge is 0.314 e. The van der Waals surface area contributed by atoms with Crippen molar-refractivity contribution in [3.63, 3.8) is 0 Å². The molecular weight excluding hydrogens is 260 g/mol. The Bertz CT molecular complexity index is 553. The maximum atomic E-state index is 11.4. The molecule has 1 atom stereocenters. The third-order valence-electron chi connectivity index (χ3n) is 2.86. The molecule has 0 saturated carbocycles. The molecule has 0 spiro atoms. The first-order valence-electron chi connectivity index (χ1n) is 6.38. The number of nitrogens with one attached hydrogen (secondary N) is 2. The lowest BCUT2D eigenvalue weighted by atomic mass is 10.1. The van der Waals surface area contributed by atoms with E-state index < -0.39 is 6.10 Å². The molecule has 4 nitrogen and oxygen atoms in total. The van der Waals surface area contributed by atoms with E-state index in [1.165, 1.54) is 0 Å². The van der Waals surface area contributed by atoms with Crippen LogP contribution in [0.1, 0.15) is 25.0 Å². The molecule has 102 valence electrons. The van der Waals surface area contributed by atoms with Crippen LogP contribution in [0.15, 0.2) is 29.6 Å². The third kappa shape index (κ3) is 3.45. The van der Waals surface area contributed by atoms with Crippen molar-refractivity contribution >= 4 is 27.5 Å². The zero-order chi connectivity index (χ0) is 13.7. The molecular formula is C14H18N2O2S. The minimum Gasteiger partial charge on any atom is -0.387 e. The van der Waals surface area contributed by atoms with E-state index in [-0.39, 0.29) is 12.6 Å². The Morgan fingerprint density at radius 1 is 1.37 bits per heavy atom. The van der Waals surface area contributed by atoms with E-state index in [0.717, 1.165) is 22.1 Å². The first kappa shape index (κ1) is 13.8. The predicted octanol–water partition coefficient (Wildman–Crippen LogP) is 2.64. The summed E-state index contributed by atoms with van der Waals surface area (Å²) < 4.78 is 1.15. The molecule has 0 bridgehead atoms. The van der Waals surface area contributed by atoms with Crippen LogP contribution in [0.25, 0.3) is 10.1 Å². The van der Waals surface area contributed by atoms with Crippen molar-refractivity contribution in [2.75, 3.05) is 13.1 Å². The highest BCUT2D eigenvalue weighted by molar-refractivity contribution is 7.17. The van der Waals surface area contributed by atoms with Gasteiger partial charge in [-0.25, -0.2) is 4.79 Å². The van der Waals surface area contributed by atoms with E-state index in [1.54, 1.807) is 11.3 Å². The van der Waals surface area contributed by atoms with Crippen molar-refractivity contribution in [2.45, 2.75) is 19.4 Å². The second-order valence-corrected chi connectivity index (χ2v) is 5.25. The Balaban J connectivity index is 1.96. The molecule has 1 unspecified atom stereocenters. The molecule has 2 aromatic rings. The van der Waals surface area contributed by atoms with Gasteiger partial charge >= 0.3 is 6.03 Å². The van der Waals surface area contributed by atoms with Crippen LogP contribution in [0, 0.1) is 0 Å². The number of urea groups is 1. The number of hydrogen-bond donors (Lipinski definition) is 3. The van der Waals surface area contributed by atoms with Crippen LogP contribution in [-0.4, -0.2) is 24.2 Å². The van der Waals surface area contributed by atoms with Crippen LogP contribution in [0.4, 0.5) is 4.79 Å². The SMILES string of the molecule is CCCNC(=O)NCC(O)c1csc2ccccc12.